The van der Waals surface area contributed by atoms with E-state index in [1.54, 1.807) is 0 Å². The van der Waals surface area contributed by atoms with Gasteiger partial charge in [-0.2, -0.15) is 0 Å². The fourth-order valence-corrected chi connectivity index (χ4v) is 6.47. The number of rotatable bonds is 5. The molecule has 0 saturated heterocycles. The first-order valence-electron chi connectivity index (χ1n) is 12.2. The maximum Gasteiger partial charge on any atom is 0.0999 e. The van der Waals surface area contributed by atoms with Crippen molar-refractivity contribution in [1.82, 2.24) is 0 Å². The minimum absolute atomic E-state index is 0.0186. The van der Waals surface area contributed by atoms with Crippen molar-refractivity contribution in [2.75, 3.05) is 16.5 Å². The second-order valence-corrected chi connectivity index (χ2v) is 13.6. The lowest BCUT2D eigenvalue weighted by Gasteiger charge is -2.37. The number of benzene rings is 2. The van der Waals surface area contributed by atoms with Gasteiger partial charge in [-0.05, 0) is 76.1 Å². The van der Waals surface area contributed by atoms with Gasteiger partial charge in [-0.1, -0.05) is 66.3 Å². The predicted molar refractivity (Wildman–Crippen MR) is 151 cm³/mol. The van der Waals surface area contributed by atoms with Gasteiger partial charge in [0.05, 0.1) is 23.0 Å². The first kappa shape index (κ1) is 25.1. The predicted octanol–water partition coefficient (Wildman–Crippen LogP) is 9.37. The minimum atomic E-state index is -0.0795. The molecular weight excluding hydrogens is 456 g/mol. The van der Waals surface area contributed by atoms with Crippen LogP contribution < -0.4 is 10.6 Å². The van der Waals surface area contributed by atoms with E-state index in [2.05, 4.69) is 102 Å². The normalized spacial score (nSPS) is 18.1. The molecule has 3 N–H and O–H groups in total. The number of aryl methyl sites for hydroxylation is 1. The summed E-state index contributed by atoms with van der Waals surface area (Å²) < 4.78 is 0. The Morgan fingerprint density at radius 1 is 1.03 bits per heavy atom. The number of hydrogen-bond donors (Lipinski definition) is 3. The number of fused-ring (bicyclic) bond motifs is 2. The molecule has 2 aliphatic rings. The lowest BCUT2D eigenvalue weighted by molar-refractivity contribution is 0.190. The Bertz CT molecular complexity index is 1140. The Hall–Kier alpha value is -1.98. The highest BCUT2D eigenvalue weighted by Gasteiger charge is 2.36. The number of allylic oxidation sites excluding steroid dienone is 4. The van der Waals surface area contributed by atoms with Crippen LogP contribution in [0.3, 0.4) is 0 Å². The summed E-state index contributed by atoms with van der Waals surface area (Å²) in [5.74, 6) is 1.52. The summed E-state index contributed by atoms with van der Waals surface area (Å²) in [5.41, 5.74) is 5.87. The molecule has 0 radical (unpaired) electrons. The second-order valence-electron chi connectivity index (χ2n) is 11.4. The number of aliphatic hydroxyl groups excluding tert-OH is 1. The average molecular weight is 495 g/mol. The molecule has 0 bridgehead atoms. The highest BCUT2D eigenvalue weighted by molar-refractivity contribution is 8.03. The van der Waals surface area contributed by atoms with E-state index in [1.165, 1.54) is 31.6 Å². The van der Waals surface area contributed by atoms with E-state index in [0.29, 0.717) is 5.76 Å². The zero-order valence-electron chi connectivity index (χ0n) is 21.5. The van der Waals surface area contributed by atoms with Gasteiger partial charge in [0.25, 0.3) is 0 Å². The third-order valence-electron chi connectivity index (χ3n) is 6.63. The first-order chi connectivity index (χ1) is 16.0. The van der Waals surface area contributed by atoms with E-state index in [0.717, 1.165) is 30.0 Å². The van der Waals surface area contributed by atoms with Gasteiger partial charge in [0.2, 0.25) is 0 Å². The molecule has 34 heavy (non-hydrogen) atoms. The Labute approximate surface area is 213 Å². The van der Waals surface area contributed by atoms with Crippen molar-refractivity contribution in [3.8, 4) is 0 Å². The van der Waals surface area contributed by atoms with Crippen molar-refractivity contribution >= 4 is 40.6 Å². The van der Waals surface area contributed by atoms with Crippen LogP contribution >= 0.6 is 23.5 Å². The van der Waals surface area contributed by atoms with Gasteiger partial charge >= 0.3 is 0 Å². The van der Waals surface area contributed by atoms with Crippen molar-refractivity contribution in [3.05, 3.63) is 64.3 Å². The van der Waals surface area contributed by atoms with Gasteiger partial charge in [0.1, 0.15) is 0 Å². The van der Waals surface area contributed by atoms with Crippen LogP contribution in [0.4, 0.5) is 17.1 Å². The average Bonchev–Trinajstić information content (AvgIpc) is 2.76. The molecule has 1 aliphatic carbocycles. The zero-order chi connectivity index (χ0) is 24.7. The Balaban J connectivity index is 1.45. The van der Waals surface area contributed by atoms with Crippen molar-refractivity contribution < 1.29 is 5.11 Å². The van der Waals surface area contributed by atoms with Crippen LogP contribution in [0.5, 0.6) is 0 Å². The molecule has 5 heteroatoms. The third kappa shape index (κ3) is 5.46. The van der Waals surface area contributed by atoms with Gasteiger partial charge in [-0.15, -0.1) is 11.8 Å². The van der Waals surface area contributed by atoms with Gasteiger partial charge < -0.3 is 15.7 Å². The highest BCUT2D eigenvalue weighted by Crippen LogP contribution is 2.48. The molecule has 0 amide bonds. The van der Waals surface area contributed by atoms with Crippen LogP contribution in [-0.4, -0.2) is 11.0 Å². The molecule has 0 spiro atoms. The smallest absolute Gasteiger partial charge is 0.0999 e. The number of aliphatic hydroxyl groups is 1. The molecule has 1 aliphatic heterocycles. The van der Waals surface area contributed by atoms with E-state index >= 15 is 0 Å². The molecule has 4 rings (SSSR count). The number of nitrogens with one attached hydrogen (secondary N) is 2. The molecule has 0 fully saturated rings. The van der Waals surface area contributed by atoms with E-state index in [-0.39, 0.29) is 16.7 Å². The molecule has 1 atom stereocenters. The summed E-state index contributed by atoms with van der Waals surface area (Å²) in [6.45, 7) is 15.4. The van der Waals surface area contributed by atoms with Gasteiger partial charge in [0.15, 0.2) is 0 Å². The fourth-order valence-electron chi connectivity index (χ4n) is 4.47. The molecule has 1 unspecified atom stereocenters. The Morgan fingerprint density at radius 3 is 2.35 bits per heavy atom. The standard InChI is InChI=1S/C29H38N2OS2/c1-8-18-9-11-23-25(13-18)34-26-14-19(10-12-24(26)31-23)30-17-33-20-15-21(28(2,3)4)27(32)22(16-20)29(5,6)7/h9-15,22,30-32H,8,16-17H2,1-7H3. The maximum atomic E-state index is 11.0. The number of hydrogen-bond acceptors (Lipinski definition) is 5. The number of thioether (sulfide) groups is 1. The van der Waals surface area contributed by atoms with Gasteiger partial charge in [-0.3, -0.25) is 0 Å². The fraction of sp³-hybridized carbons (Fsp3) is 0.448. The van der Waals surface area contributed by atoms with Crippen molar-refractivity contribution in [1.29, 1.82) is 0 Å². The van der Waals surface area contributed by atoms with Gasteiger partial charge in [-0.25, -0.2) is 0 Å². The third-order valence-corrected chi connectivity index (χ3v) is 8.69. The zero-order valence-corrected chi connectivity index (χ0v) is 23.1. The van der Waals surface area contributed by atoms with Crippen LogP contribution in [-0.2, 0) is 6.42 Å². The van der Waals surface area contributed by atoms with E-state index in [9.17, 15) is 5.11 Å². The van der Waals surface area contributed by atoms with Crippen LogP contribution in [0.15, 0.2) is 68.5 Å². The lowest BCUT2D eigenvalue weighted by Crippen LogP contribution is -2.28. The van der Waals surface area contributed by atoms with Crippen LogP contribution in [0.2, 0.25) is 0 Å². The maximum absolute atomic E-state index is 11.0. The van der Waals surface area contributed by atoms with Crippen LogP contribution in [0.25, 0.3) is 0 Å². The lowest BCUT2D eigenvalue weighted by atomic mass is 9.71. The van der Waals surface area contributed by atoms with Crippen LogP contribution in [0, 0.1) is 16.7 Å². The highest BCUT2D eigenvalue weighted by atomic mass is 32.2. The molecule has 1 heterocycles. The molecular formula is C29H38N2OS2. The summed E-state index contributed by atoms with van der Waals surface area (Å²) in [7, 11) is 0. The van der Waals surface area contributed by atoms with E-state index in [4.69, 9.17) is 0 Å². The Kier molecular flexibility index (Phi) is 7.08. The summed E-state index contributed by atoms with van der Waals surface area (Å²) in [6.07, 6.45) is 4.16. The number of anilines is 3. The monoisotopic (exact) mass is 494 g/mol. The molecule has 0 aromatic heterocycles. The van der Waals surface area contributed by atoms with Crippen molar-refractivity contribution in [2.45, 2.75) is 71.1 Å². The van der Waals surface area contributed by atoms with E-state index in [1.807, 2.05) is 23.5 Å². The van der Waals surface area contributed by atoms with Crippen molar-refractivity contribution in [2.24, 2.45) is 16.7 Å². The molecule has 2 aromatic carbocycles. The topological polar surface area (TPSA) is 44.3 Å². The molecule has 0 saturated carbocycles. The quantitative estimate of drug-likeness (QED) is 0.308. The molecule has 182 valence electrons. The molecule has 3 nitrogen and oxygen atoms in total. The first-order valence-corrected chi connectivity index (χ1v) is 14.0. The minimum Gasteiger partial charge on any atom is -0.512 e. The largest absolute Gasteiger partial charge is 0.512 e. The summed E-state index contributed by atoms with van der Waals surface area (Å²) >= 11 is 3.69. The molecule has 2 aromatic rings. The Morgan fingerprint density at radius 2 is 1.71 bits per heavy atom. The summed E-state index contributed by atoms with van der Waals surface area (Å²) in [4.78, 5) is 3.88. The van der Waals surface area contributed by atoms with Crippen LogP contribution in [0.1, 0.15) is 60.5 Å². The van der Waals surface area contributed by atoms with Crippen molar-refractivity contribution in [3.63, 3.8) is 0 Å². The van der Waals surface area contributed by atoms with Gasteiger partial charge in [0, 0.05) is 21.4 Å². The second kappa shape index (κ2) is 9.58. The SMILES string of the molecule is CCc1ccc2c(c1)Sc1cc(NCSC3=CC(C(C)(C)C)=C(O)C(C(C)(C)C)C3)ccc1N2. The summed E-state index contributed by atoms with van der Waals surface area (Å²) in [5, 5.41) is 18.2. The van der Waals surface area contributed by atoms with E-state index < -0.39 is 0 Å². The summed E-state index contributed by atoms with van der Waals surface area (Å²) in [6, 6.07) is 13.2.